The van der Waals surface area contributed by atoms with Crippen LogP contribution >= 0.6 is 0 Å². The van der Waals surface area contributed by atoms with Crippen LogP contribution in [0.25, 0.3) is 0 Å². The van der Waals surface area contributed by atoms with Crippen LogP contribution in [0.15, 0.2) is 18.2 Å². The summed E-state index contributed by atoms with van der Waals surface area (Å²) in [6.45, 7) is 0. The van der Waals surface area contributed by atoms with E-state index in [9.17, 15) is 13.6 Å². The van der Waals surface area contributed by atoms with Gasteiger partial charge in [-0.1, -0.05) is 0 Å². The number of nitrogens with two attached hydrogens (primary N) is 1. The molecule has 0 spiro atoms. The number of hydrogen-bond donors (Lipinski definition) is 2. The summed E-state index contributed by atoms with van der Waals surface area (Å²) in [5.41, 5.74) is 7.48. The van der Waals surface area contributed by atoms with E-state index in [4.69, 9.17) is 5.73 Å². The Balaban J connectivity index is 2.00. The number of aldehydes is 1. The standard InChI is InChI=1S/C13H16F2N2O/c14-13(15)5-3-10(4-6-13)17-12-2-1-9(8-18)7-11(12)16/h1-2,7-8,10,17H,3-6,16H2. The number of halogens is 2. The highest BCUT2D eigenvalue weighted by Gasteiger charge is 2.34. The maximum Gasteiger partial charge on any atom is 0.248 e. The number of anilines is 2. The van der Waals surface area contributed by atoms with Crippen LogP contribution in [0.3, 0.4) is 0 Å². The molecular weight excluding hydrogens is 238 g/mol. The molecule has 0 bridgehead atoms. The van der Waals surface area contributed by atoms with E-state index in [0.717, 1.165) is 6.29 Å². The molecule has 2 rings (SSSR count). The zero-order chi connectivity index (χ0) is 13.2. The molecule has 0 unspecified atom stereocenters. The van der Waals surface area contributed by atoms with Gasteiger partial charge in [0.15, 0.2) is 0 Å². The third-order valence-corrected chi connectivity index (χ3v) is 3.29. The van der Waals surface area contributed by atoms with Crippen LogP contribution in [0.5, 0.6) is 0 Å². The number of hydrogen-bond acceptors (Lipinski definition) is 3. The molecule has 1 aromatic rings. The Bertz CT molecular complexity index is 439. The lowest BCUT2D eigenvalue weighted by atomic mass is 9.92. The second-order valence-corrected chi connectivity index (χ2v) is 4.74. The van der Waals surface area contributed by atoms with Crippen molar-refractivity contribution in [2.45, 2.75) is 37.6 Å². The quantitative estimate of drug-likeness (QED) is 0.643. The minimum absolute atomic E-state index is 0.0222. The van der Waals surface area contributed by atoms with Gasteiger partial charge in [0.05, 0.1) is 11.4 Å². The van der Waals surface area contributed by atoms with Gasteiger partial charge in [-0.3, -0.25) is 4.79 Å². The van der Waals surface area contributed by atoms with Crippen LogP contribution in [0.2, 0.25) is 0 Å². The molecular formula is C13H16F2N2O. The Labute approximate surface area is 104 Å². The minimum atomic E-state index is -2.52. The summed E-state index contributed by atoms with van der Waals surface area (Å²) in [6.07, 6.45) is 1.42. The fourth-order valence-electron chi connectivity index (χ4n) is 2.19. The van der Waals surface area contributed by atoms with Gasteiger partial charge in [0.25, 0.3) is 0 Å². The SMILES string of the molecule is Nc1cc(C=O)ccc1NC1CCC(F)(F)CC1. The molecule has 3 N–H and O–H groups in total. The van der Waals surface area contributed by atoms with Gasteiger partial charge in [0, 0.05) is 24.4 Å². The summed E-state index contributed by atoms with van der Waals surface area (Å²) in [5.74, 6) is -2.52. The third-order valence-electron chi connectivity index (χ3n) is 3.29. The highest BCUT2D eigenvalue weighted by molar-refractivity contribution is 5.80. The molecule has 0 heterocycles. The largest absolute Gasteiger partial charge is 0.397 e. The zero-order valence-electron chi connectivity index (χ0n) is 9.96. The van der Waals surface area contributed by atoms with Gasteiger partial charge in [0.2, 0.25) is 5.92 Å². The van der Waals surface area contributed by atoms with E-state index < -0.39 is 5.92 Å². The normalized spacial score (nSPS) is 19.4. The van der Waals surface area contributed by atoms with Crippen molar-refractivity contribution in [3.8, 4) is 0 Å². The molecule has 3 nitrogen and oxygen atoms in total. The predicted molar refractivity (Wildman–Crippen MR) is 67.1 cm³/mol. The van der Waals surface area contributed by atoms with Gasteiger partial charge in [-0.15, -0.1) is 0 Å². The molecule has 1 aliphatic rings. The van der Waals surface area contributed by atoms with Crippen LogP contribution in [-0.4, -0.2) is 18.3 Å². The van der Waals surface area contributed by atoms with Gasteiger partial charge >= 0.3 is 0 Å². The van der Waals surface area contributed by atoms with Crippen LogP contribution in [0.4, 0.5) is 20.2 Å². The summed E-state index contributed by atoms with van der Waals surface area (Å²) in [5, 5.41) is 3.16. The highest BCUT2D eigenvalue weighted by atomic mass is 19.3. The number of carbonyl (C=O) groups excluding carboxylic acids is 1. The fourth-order valence-corrected chi connectivity index (χ4v) is 2.19. The number of rotatable bonds is 3. The first kappa shape index (κ1) is 12.8. The maximum absolute atomic E-state index is 13.0. The highest BCUT2D eigenvalue weighted by Crippen LogP contribution is 2.34. The van der Waals surface area contributed by atoms with Crippen LogP contribution < -0.4 is 11.1 Å². The molecule has 98 valence electrons. The molecule has 0 amide bonds. The van der Waals surface area contributed by atoms with Crippen LogP contribution in [0.1, 0.15) is 36.0 Å². The molecule has 1 aromatic carbocycles. The van der Waals surface area contributed by atoms with Crippen molar-refractivity contribution in [1.82, 2.24) is 0 Å². The van der Waals surface area contributed by atoms with Gasteiger partial charge in [-0.05, 0) is 31.0 Å². The van der Waals surface area contributed by atoms with Crippen molar-refractivity contribution in [2.24, 2.45) is 0 Å². The van der Waals surface area contributed by atoms with Crippen molar-refractivity contribution in [2.75, 3.05) is 11.1 Å². The van der Waals surface area contributed by atoms with E-state index in [0.29, 0.717) is 29.8 Å². The van der Waals surface area contributed by atoms with E-state index in [1.807, 2.05) is 0 Å². The number of carbonyl (C=O) groups is 1. The molecule has 0 radical (unpaired) electrons. The van der Waals surface area contributed by atoms with E-state index in [1.165, 1.54) is 0 Å². The molecule has 0 aromatic heterocycles. The summed E-state index contributed by atoms with van der Waals surface area (Å²) >= 11 is 0. The Hall–Kier alpha value is -1.65. The summed E-state index contributed by atoms with van der Waals surface area (Å²) in [4.78, 5) is 10.6. The minimum Gasteiger partial charge on any atom is -0.397 e. The number of nitrogen functional groups attached to an aromatic ring is 1. The molecule has 0 atom stereocenters. The molecule has 1 aliphatic carbocycles. The van der Waals surface area contributed by atoms with E-state index >= 15 is 0 Å². The van der Waals surface area contributed by atoms with Crippen molar-refractivity contribution < 1.29 is 13.6 Å². The first-order valence-corrected chi connectivity index (χ1v) is 5.99. The zero-order valence-corrected chi connectivity index (χ0v) is 9.96. The smallest absolute Gasteiger partial charge is 0.248 e. The fraction of sp³-hybridized carbons (Fsp3) is 0.462. The van der Waals surface area contributed by atoms with Crippen LogP contribution in [-0.2, 0) is 0 Å². The second-order valence-electron chi connectivity index (χ2n) is 4.74. The van der Waals surface area contributed by atoms with Crippen molar-refractivity contribution in [1.29, 1.82) is 0 Å². The van der Waals surface area contributed by atoms with Crippen molar-refractivity contribution >= 4 is 17.7 Å². The average molecular weight is 254 g/mol. The van der Waals surface area contributed by atoms with E-state index in [2.05, 4.69) is 5.32 Å². The maximum atomic E-state index is 13.0. The number of benzene rings is 1. The molecule has 0 aliphatic heterocycles. The monoisotopic (exact) mass is 254 g/mol. The Kier molecular flexibility index (Phi) is 3.50. The van der Waals surface area contributed by atoms with Gasteiger partial charge < -0.3 is 11.1 Å². The third kappa shape index (κ3) is 2.97. The average Bonchev–Trinajstić information content (AvgIpc) is 2.34. The molecule has 0 saturated heterocycles. The predicted octanol–water partition coefficient (Wildman–Crippen LogP) is 3.07. The van der Waals surface area contributed by atoms with E-state index in [-0.39, 0.29) is 18.9 Å². The lowest BCUT2D eigenvalue weighted by Gasteiger charge is -2.29. The van der Waals surface area contributed by atoms with Crippen LogP contribution in [0, 0.1) is 0 Å². The molecule has 1 fully saturated rings. The summed E-state index contributed by atoms with van der Waals surface area (Å²) < 4.78 is 26.0. The Morgan fingerprint density at radius 3 is 2.56 bits per heavy atom. The first-order chi connectivity index (χ1) is 8.50. The van der Waals surface area contributed by atoms with Crippen molar-refractivity contribution in [3.05, 3.63) is 23.8 Å². The number of alkyl halides is 2. The summed E-state index contributed by atoms with van der Waals surface area (Å²) in [6, 6.07) is 4.97. The summed E-state index contributed by atoms with van der Waals surface area (Å²) in [7, 11) is 0. The second kappa shape index (κ2) is 4.92. The van der Waals surface area contributed by atoms with Crippen molar-refractivity contribution in [3.63, 3.8) is 0 Å². The lowest BCUT2D eigenvalue weighted by Crippen LogP contribution is -2.32. The first-order valence-electron chi connectivity index (χ1n) is 5.99. The Morgan fingerprint density at radius 2 is 2.00 bits per heavy atom. The lowest BCUT2D eigenvalue weighted by molar-refractivity contribution is -0.0360. The number of nitrogens with one attached hydrogen (secondary N) is 1. The Morgan fingerprint density at radius 1 is 1.33 bits per heavy atom. The molecule has 18 heavy (non-hydrogen) atoms. The van der Waals surface area contributed by atoms with E-state index in [1.54, 1.807) is 18.2 Å². The molecule has 5 heteroatoms. The molecule has 1 saturated carbocycles. The van der Waals surface area contributed by atoms with Gasteiger partial charge in [-0.25, -0.2) is 8.78 Å². The topological polar surface area (TPSA) is 55.1 Å². The van der Waals surface area contributed by atoms with Gasteiger partial charge in [-0.2, -0.15) is 0 Å². The van der Waals surface area contributed by atoms with Gasteiger partial charge in [0.1, 0.15) is 6.29 Å².